The summed E-state index contributed by atoms with van der Waals surface area (Å²) in [5.41, 5.74) is 0.496. The van der Waals surface area contributed by atoms with Gasteiger partial charge in [0.05, 0.1) is 0 Å². The Bertz CT molecular complexity index is 518. The first-order chi connectivity index (χ1) is 9.53. The van der Waals surface area contributed by atoms with Crippen molar-refractivity contribution in [2.75, 3.05) is 23.8 Å². The van der Waals surface area contributed by atoms with Gasteiger partial charge in [0.15, 0.2) is 0 Å². The van der Waals surface area contributed by atoms with Gasteiger partial charge in [-0.05, 0) is 32.6 Å². The fourth-order valence-corrected chi connectivity index (χ4v) is 3.14. The monoisotopic (exact) mass is 282 g/mol. The van der Waals surface area contributed by atoms with Gasteiger partial charge in [-0.2, -0.15) is 13.8 Å². The van der Waals surface area contributed by atoms with Crippen LogP contribution < -0.4 is 10.2 Å². The SMILES string of the molecule is CNc1nc(N2CCCC[C@H]2C)nc2c1CCC2(F)F. The summed E-state index contributed by atoms with van der Waals surface area (Å²) < 4.78 is 27.9. The zero-order valence-corrected chi connectivity index (χ0v) is 11.9. The van der Waals surface area contributed by atoms with E-state index in [2.05, 4.69) is 27.1 Å². The molecule has 6 heteroatoms. The summed E-state index contributed by atoms with van der Waals surface area (Å²) >= 11 is 0. The molecule has 1 N–H and O–H groups in total. The minimum absolute atomic E-state index is 0.0791. The van der Waals surface area contributed by atoms with Gasteiger partial charge in [0.25, 0.3) is 5.92 Å². The Labute approximate surface area is 117 Å². The van der Waals surface area contributed by atoms with Crippen molar-refractivity contribution in [1.29, 1.82) is 0 Å². The quantitative estimate of drug-likeness (QED) is 0.905. The van der Waals surface area contributed by atoms with Crippen LogP contribution in [-0.2, 0) is 12.3 Å². The standard InChI is InChI=1S/C14H20F2N4/c1-9-5-3-4-8-20(9)13-18-11-10(12(17-2)19-13)6-7-14(11,15)16/h9H,3-8H2,1-2H3,(H,17,18,19)/t9-/m1/s1. The first-order valence-corrected chi connectivity index (χ1v) is 7.26. The molecule has 0 unspecified atom stereocenters. The van der Waals surface area contributed by atoms with Gasteiger partial charge in [0.2, 0.25) is 5.95 Å². The molecule has 1 saturated heterocycles. The van der Waals surface area contributed by atoms with Crippen LogP contribution in [0.5, 0.6) is 0 Å². The predicted molar refractivity (Wildman–Crippen MR) is 74.5 cm³/mol. The molecule has 1 aromatic heterocycles. The van der Waals surface area contributed by atoms with E-state index >= 15 is 0 Å². The summed E-state index contributed by atoms with van der Waals surface area (Å²) in [4.78, 5) is 10.7. The van der Waals surface area contributed by atoms with Crippen molar-refractivity contribution in [2.24, 2.45) is 0 Å². The van der Waals surface area contributed by atoms with Crippen molar-refractivity contribution in [1.82, 2.24) is 9.97 Å². The number of aromatic nitrogens is 2. The lowest BCUT2D eigenvalue weighted by Crippen LogP contribution is -2.39. The summed E-state index contributed by atoms with van der Waals surface area (Å²) in [6.07, 6.45) is 3.48. The molecular formula is C14H20F2N4. The van der Waals surface area contributed by atoms with Crippen LogP contribution in [0.4, 0.5) is 20.5 Å². The minimum atomic E-state index is -2.82. The normalized spacial score (nSPS) is 24.6. The lowest BCUT2D eigenvalue weighted by atomic mass is 10.0. The zero-order chi connectivity index (χ0) is 14.3. The van der Waals surface area contributed by atoms with Crippen molar-refractivity contribution in [3.05, 3.63) is 11.3 Å². The van der Waals surface area contributed by atoms with Crippen LogP contribution in [0.25, 0.3) is 0 Å². The molecule has 110 valence electrons. The number of piperidine rings is 1. The number of halogens is 2. The van der Waals surface area contributed by atoms with E-state index in [0.29, 0.717) is 29.8 Å². The van der Waals surface area contributed by atoms with Crippen LogP contribution in [-0.4, -0.2) is 29.6 Å². The molecule has 2 heterocycles. The summed E-state index contributed by atoms with van der Waals surface area (Å²) in [5.74, 6) is -1.82. The van der Waals surface area contributed by atoms with Crippen molar-refractivity contribution in [3.63, 3.8) is 0 Å². The highest BCUT2D eigenvalue weighted by Gasteiger charge is 2.43. The largest absolute Gasteiger partial charge is 0.373 e. The van der Waals surface area contributed by atoms with E-state index in [4.69, 9.17) is 0 Å². The topological polar surface area (TPSA) is 41.1 Å². The molecule has 0 bridgehead atoms. The van der Waals surface area contributed by atoms with Crippen molar-refractivity contribution < 1.29 is 8.78 Å². The first kappa shape index (κ1) is 13.5. The molecule has 0 spiro atoms. The van der Waals surface area contributed by atoms with Gasteiger partial charge in [-0.25, -0.2) is 4.98 Å². The molecule has 0 aromatic carbocycles. The van der Waals surface area contributed by atoms with E-state index in [1.54, 1.807) is 7.05 Å². The van der Waals surface area contributed by atoms with Crippen LogP contribution in [0, 0.1) is 0 Å². The number of alkyl halides is 2. The molecule has 0 radical (unpaired) electrons. The minimum Gasteiger partial charge on any atom is -0.373 e. The second-order valence-corrected chi connectivity index (χ2v) is 5.69. The summed E-state index contributed by atoms with van der Waals surface area (Å²) in [6.45, 7) is 2.95. The lowest BCUT2D eigenvalue weighted by Gasteiger charge is -2.34. The molecule has 1 aromatic rings. The molecule has 1 aliphatic heterocycles. The van der Waals surface area contributed by atoms with E-state index < -0.39 is 5.92 Å². The van der Waals surface area contributed by atoms with E-state index in [1.165, 1.54) is 6.42 Å². The Morgan fingerprint density at radius 1 is 1.30 bits per heavy atom. The number of nitrogens with zero attached hydrogens (tertiary/aromatic N) is 3. The Morgan fingerprint density at radius 3 is 2.80 bits per heavy atom. The van der Waals surface area contributed by atoms with Gasteiger partial charge in [0, 0.05) is 31.6 Å². The maximum absolute atomic E-state index is 14.0. The summed E-state index contributed by atoms with van der Waals surface area (Å²) in [5, 5.41) is 2.95. The number of rotatable bonds is 2. The third-order valence-corrected chi connectivity index (χ3v) is 4.33. The average Bonchev–Trinajstić information content (AvgIpc) is 2.74. The highest BCUT2D eigenvalue weighted by atomic mass is 19.3. The van der Waals surface area contributed by atoms with Crippen LogP contribution in [0.15, 0.2) is 0 Å². The van der Waals surface area contributed by atoms with Gasteiger partial charge in [-0.3, -0.25) is 0 Å². The van der Waals surface area contributed by atoms with Crippen LogP contribution >= 0.6 is 0 Å². The molecule has 20 heavy (non-hydrogen) atoms. The Balaban J connectivity index is 2.04. The van der Waals surface area contributed by atoms with Crippen LogP contribution in [0.3, 0.4) is 0 Å². The fourth-order valence-electron chi connectivity index (χ4n) is 3.14. The smallest absolute Gasteiger partial charge is 0.290 e. The summed E-state index contributed by atoms with van der Waals surface area (Å²) in [7, 11) is 1.72. The second-order valence-electron chi connectivity index (χ2n) is 5.69. The molecule has 2 aliphatic rings. The van der Waals surface area contributed by atoms with Gasteiger partial charge in [-0.1, -0.05) is 0 Å². The maximum atomic E-state index is 14.0. The molecule has 1 fully saturated rings. The van der Waals surface area contributed by atoms with E-state index in [-0.39, 0.29) is 12.1 Å². The molecule has 1 aliphatic carbocycles. The maximum Gasteiger partial charge on any atom is 0.290 e. The van der Waals surface area contributed by atoms with Crippen LogP contribution in [0.2, 0.25) is 0 Å². The van der Waals surface area contributed by atoms with Crippen LogP contribution in [0.1, 0.15) is 43.9 Å². The molecule has 3 rings (SSSR count). The van der Waals surface area contributed by atoms with E-state index in [9.17, 15) is 8.78 Å². The Kier molecular flexibility index (Phi) is 3.26. The molecule has 1 atom stereocenters. The number of hydrogen-bond donors (Lipinski definition) is 1. The predicted octanol–water partition coefficient (Wildman–Crippen LogP) is 2.94. The van der Waals surface area contributed by atoms with Crippen molar-refractivity contribution in [2.45, 2.75) is 51.0 Å². The number of hydrogen-bond acceptors (Lipinski definition) is 4. The number of fused-ring (bicyclic) bond motifs is 1. The third kappa shape index (κ3) is 2.11. The van der Waals surface area contributed by atoms with Crippen molar-refractivity contribution >= 4 is 11.8 Å². The number of anilines is 2. The highest BCUT2D eigenvalue weighted by molar-refractivity contribution is 5.54. The Hall–Kier alpha value is -1.46. The number of nitrogens with one attached hydrogen (secondary N) is 1. The summed E-state index contributed by atoms with van der Waals surface area (Å²) in [6, 6.07) is 0.307. The third-order valence-electron chi connectivity index (χ3n) is 4.33. The zero-order valence-electron chi connectivity index (χ0n) is 11.9. The first-order valence-electron chi connectivity index (χ1n) is 7.26. The molecule has 0 saturated carbocycles. The van der Waals surface area contributed by atoms with E-state index in [1.807, 2.05) is 0 Å². The average molecular weight is 282 g/mol. The molecular weight excluding hydrogens is 262 g/mol. The lowest BCUT2D eigenvalue weighted by molar-refractivity contribution is -0.00593. The highest BCUT2D eigenvalue weighted by Crippen LogP contribution is 2.43. The van der Waals surface area contributed by atoms with E-state index in [0.717, 1.165) is 19.4 Å². The van der Waals surface area contributed by atoms with Gasteiger partial charge >= 0.3 is 0 Å². The molecule has 0 amide bonds. The molecule has 4 nitrogen and oxygen atoms in total. The fraction of sp³-hybridized carbons (Fsp3) is 0.714. The second kappa shape index (κ2) is 4.82. The van der Waals surface area contributed by atoms with Crippen molar-refractivity contribution in [3.8, 4) is 0 Å². The van der Waals surface area contributed by atoms with Gasteiger partial charge in [-0.15, -0.1) is 0 Å². The Morgan fingerprint density at radius 2 is 2.10 bits per heavy atom. The van der Waals surface area contributed by atoms with Gasteiger partial charge < -0.3 is 10.2 Å². The van der Waals surface area contributed by atoms with Gasteiger partial charge in [0.1, 0.15) is 11.5 Å².